The molecule has 0 saturated heterocycles. The first-order chi connectivity index (χ1) is 7.70. The van der Waals surface area contributed by atoms with E-state index in [1.165, 1.54) is 38.5 Å². The minimum Gasteiger partial charge on any atom is -0.0654 e. The van der Waals surface area contributed by atoms with Crippen LogP contribution < -0.4 is 0 Å². The van der Waals surface area contributed by atoms with Crippen LogP contribution in [-0.4, -0.2) is 0 Å². The van der Waals surface area contributed by atoms with Crippen molar-refractivity contribution >= 4 is 0 Å². The van der Waals surface area contributed by atoms with Crippen LogP contribution >= 0.6 is 0 Å². The van der Waals surface area contributed by atoms with Crippen LogP contribution in [0.3, 0.4) is 0 Å². The Kier molecular flexibility index (Phi) is 3.97. The molecule has 0 bridgehead atoms. The van der Waals surface area contributed by atoms with Gasteiger partial charge in [0.05, 0.1) is 0 Å². The third kappa shape index (κ3) is 2.05. The molecule has 2 aliphatic rings. The maximum absolute atomic E-state index is 2.49. The summed E-state index contributed by atoms with van der Waals surface area (Å²) in [7, 11) is 0. The molecule has 0 radical (unpaired) electrons. The summed E-state index contributed by atoms with van der Waals surface area (Å²) >= 11 is 0. The molecule has 0 aromatic rings. The van der Waals surface area contributed by atoms with E-state index in [0.29, 0.717) is 0 Å². The fourth-order valence-corrected chi connectivity index (χ4v) is 4.97. The summed E-state index contributed by atoms with van der Waals surface area (Å²) in [6, 6.07) is 0. The highest BCUT2D eigenvalue weighted by atomic mass is 14.5. The van der Waals surface area contributed by atoms with Crippen LogP contribution in [0.25, 0.3) is 0 Å². The zero-order chi connectivity index (χ0) is 11.6. The molecule has 3 atom stereocenters. The van der Waals surface area contributed by atoms with Crippen molar-refractivity contribution in [3.8, 4) is 0 Å². The van der Waals surface area contributed by atoms with Crippen molar-refractivity contribution in [3.05, 3.63) is 0 Å². The SMILES string of the molecule is CCCC1(C(C)C)CCCC2CCCCC21. The topological polar surface area (TPSA) is 0 Å². The second-order valence-electron chi connectivity index (χ2n) is 6.68. The van der Waals surface area contributed by atoms with Crippen LogP contribution in [0.4, 0.5) is 0 Å². The summed E-state index contributed by atoms with van der Waals surface area (Å²) in [6.45, 7) is 7.37. The first-order valence-corrected chi connectivity index (χ1v) is 7.70. The van der Waals surface area contributed by atoms with Gasteiger partial charge in [-0.25, -0.2) is 0 Å². The van der Waals surface area contributed by atoms with Gasteiger partial charge in [-0.1, -0.05) is 59.3 Å². The first kappa shape index (κ1) is 12.5. The molecule has 2 aliphatic carbocycles. The van der Waals surface area contributed by atoms with Crippen LogP contribution in [0.5, 0.6) is 0 Å². The highest BCUT2D eigenvalue weighted by molar-refractivity contribution is 4.96. The van der Waals surface area contributed by atoms with Gasteiger partial charge in [0, 0.05) is 0 Å². The molecule has 16 heavy (non-hydrogen) atoms. The molecule has 0 aliphatic heterocycles. The molecule has 94 valence electrons. The molecule has 0 N–H and O–H groups in total. The second kappa shape index (κ2) is 5.10. The zero-order valence-electron chi connectivity index (χ0n) is 11.6. The van der Waals surface area contributed by atoms with Gasteiger partial charge in [0.15, 0.2) is 0 Å². The van der Waals surface area contributed by atoms with E-state index in [1.807, 2.05) is 0 Å². The lowest BCUT2D eigenvalue weighted by Crippen LogP contribution is -2.44. The second-order valence-corrected chi connectivity index (χ2v) is 6.68. The van der Waals surface area contributed by atoms with E-state index in [9.17, 15) is 0 Å². The molecule has 0 aromatic carbocycles. The number of fused-ring (bicyclic) bond motifs is 1. The van der Waals surface area contributed by atoms with Crippen molar-refractivity contribution in [2.45, 2.75) is 78.6 Å². The van der Waals surface area contributed by atoms with E-state index < -0.39 is 0 Å². The summed E-state index contributed by atoms with van der Waals surface area (Å²) in [4.78, 5) is 0. The van der Waals surface area contributed by atoms with Gasteiger partial charge >= 0.3 is 0 Å². The molecule has 3 unspecified atom stereocenters. The van der Waals surface area contributed by atoms with Crippen LogP contribution in [0.2, 0.25) is 0 Å². The Balaban J connectivity index is 2.20. The molecule has 0 amide bonds. The predicted molar refractivity (Wildman–Crippen MR) is 71.5 cm³/mol. The first-order valence-electron chi connectivity index (χ1n) is 7.70. The number of rotatable bonds is 3. The summed E-state index contributed by atoms with van der Waals surface area (Å²) < 4.78 is 0. The minimum absolute atomic E-state index is 0.720. The molecule has 2 saturated carbocycles. The Hall–Kier alpha value is 0. The maximum atomic E-state index is 2.49. The van der Waals surface area contributed by atoms with Gasteiger partial charge in [-0.15, -0.1) is 0 Å². The Bertz CT molecular complexity index is 212. The summed E-state index contributed by atoms with van der Waals surface area (Å²) in [6.07, 6.45) is 13.6. The largest absolute Gasteiger partial charge is 0.0654 e. The lowest BCUT2D eigenvalue weighted by Gasteiger charge is -2.53. The highest BCUT2D eigenvalue weighted by Crippen LogP contribution is 2.56. The molecule has 0 spiro atoms. The number of hydrogen-bond donors (Lipinski definition) is 0. The van der Waals surface area contributed by atoms with E-state index in [1.54, 1.807) is 19.3 Å². The smallest absolute Gasteiger partial charge is 0.0244 e. The van der Waals surface area contributed by atoms with Crippen LogP contribution in [0, 0.1) is 23.2 Å². The molecule has 2 rings (SSSR count). The lowest BCUT2D eigenvalue weighted by molar-refractivity contribution is -0.0325. The van der Waals surface area contributed by atoms with E-state index in [0.717, 1.165) is 23.2 Å². The van der Waals surface area contributed by atoms with Gasteiger partial charge in [-0.2, -0.15) is 0 Å². The van der Waals surface area contributed by atoms with Gasteiger partial charge in [0.2, 0.25) is 0 Å². The third-order valence-corrected chi connectivity index (χ3v) is 5.73. The Morgan fingerprint density at radius 3 is 2.44 bits per heavy atom. The van der Waals surface area contributed by atoms with Gasteiger partial charge in [-0.3, -0.25) is 0 Å². The van der Waals surface area contributed by atoms with Crippen molar-refractivity contribution in [2.24, 2.45) is 23.2 Å². The van der Waals surface area contributed by atoms with Gasteiger partial charge in [0.1, 0.15) is 0 Å². The fraction of sp³-hybridized carbons (Fsp3) is 1.00. The van der Waals surface area contributed by atoms with Crippen molar-refractivity contribution in [1.29, 1.82) is 0 Å². The number of hydrogen-bond acceptors (Lipinski definition) is 0. The summed E-state index contributed by atoms with van der Waals surface area (Å²) in [5.74, 6) is 3.07. The fourth-order valence-electron chi connectivity index (χ4n) is 4.97. The Morgan fingerprint density at radius 2 is 1.75 bits per heavy atom. The van der Waals surface area contributed by atoms with Crippen molar-refractivity contribution in [1.82, 2.24) is 0 Å². The van der Waals surface area contributed by atoms with Crippen molar-refractivity contribution < 1.29 is 0 Å². The molecule has 0 heterocycles. The van der Waals surface area contributed by atoms with E-state index in [2.05, 4.69) is 20.8 Å². The average molecular weight is 222 g/mol. The van der Waals surface area contributed by atoms with Crippen LogP contribution in [0.15, 0.2) is 0 Å². The van der Waals surface area contributed by atoms with Crippen LogP contribution in [-0.2, 0) is 0 Å². The monoisotopic (exact) mass is 222 g/mol. The molecule has 0 heteroatoms. The summed E-state index contributed by atoms with van der Waals surface area (Å²) in [5, 5.41) is 0. The van der Waals surface area contributed by atoms with Gasteiger partial charge < -0.3 is 0 Å². The third-order valence-electron chi connectivity index (χ3n) is 5.73. The normalized spacial score (nSPS) is 39.8. The van der Waals surface area contributed by atoms with Gasteiger partial charge in [0.25, 0.3) is 0 Å². The molecule has 2 fully saturated rings. The highest BCUT2D eigenvalue weighted by Gasteiger charge is 2.46. The minimum atomic E-state index is 0.720. The van der Waals surface area contributed by atoms with Crippen LogP contribution in [0.1, 0.15) is 78.6 Å². The molecular weight excluding hydrogens is 192 g/mol. The molecular formula is C16H30. The summed E-state index contributed by atoms with van der Waals surface area (Å²) in [5.41, 5.74) is 0.720. The zero-order valence-corrected chi connectivity index (χ0v) is 11.6. The molecule has 0 nitrogen and oxygen atoms in total. The quantitative estimate of drug-likeness (QED) is 0.598. The lowest BCUT2D eigenvalue weighted by atomic mass is 9.52. The Labute approximate surface area is 102 Å². The maximum Gasteiger partial charge on any atom is -0.0244 e. The predicted octanol–water partition coefficient (Wildman–Crippen LogP) is 5.42. The Morgan fingerprint density at radius 1 is 1.06 bits per heavy atom. The van der Waals surface area contributed by atoms with E-state index in [4.69, 9.17) is 0 Å². The van der Waals surface area contributed by atoms with Crippen molar-refractivity contribution in [2.75, 3.05) is 0 Å². The van der Waals surface area contributed by atoms with Crippen molar-refractivity contribution in [3.63, 3.8) is 0 Å². The van der Waals surface area contributed by atoms with E-state index >= 15 is 0 Å². The average Bonchev–Trinajstić information content (AvgIpc) is 2.29. The van der Waals surface area contributed by atoms with E-state index in [-0.39, 0.29) is 0 Å². The molecule has 0 aromatic heterocycles. The standard InChI is InChI=1S/C16H30/c1-4-11-16(13(2)3)12-7-9-14-8-5-6-10-15(14)16/h13-15H,4-12H2,1-3H3. The van der Waals surface area contributed by atoms with Gasteiger partial charge in [-0.05, 0) is 42.4 Å².